The summed E-state index contributed by atoms with van der Waals surface area (Å²) in [5.74, 6) is 1.19. The van der Waals surface area contributed by atoms with E-state index in [1.165, 1.54) is 12.3 Å². The number of anilines is 1. The monoisotopic (exact) mass is 331 g/mol. The van der Waals surface area contributed by atoms with E-state index in [2.05, 4.69) is 21.9 Å². The van der Waals surface area contributed by atoms with Crippen LogP contribution in [0.1, 0.15) is 39.5 Å². The number of rotatable bonds is 5. The predicted octanol–water partition coefficient (Wildman–Crippen LogP) is 3.02. The molecule has 2 rings (SSSR count). The molecule has 2 N–H and O–H groups in total. The number of nitrogens with zero attached hydrogens (tertiary/aromatic N) is 1. The van der Waals surface area contributed by atoms with Crippen LogP contribution in [0.5, 0.6) is 0 Å². The Hall–Kier alpha value is -0.850. The summed E-state index contributed by atoms with van der Waals surface area (Å²) in [6.07, 6.45) is 5.24. The van der Waals surface area contributed by atoms with Gasteiger partial charge < -0.3 is 5.32 Å². The predicted molar refractivity (Wildman–Crippen MR) is 85.2 cm³/mol. The average Bonchev–Trinajstić information content (AvgIpc) is 2.43. The van der Waals surface area contributed by atoms with Crippen molar-refractivity contribution in [2.45, 2.75) is 50.5 Å². The van der Waals surface area contributed by atoms with Gasteiger partial charge in [0.2, 0.25) is 10.0 Å². The molecule has 7 heteroatoms. The summed E-state index contributed by atoms with van der Waals surface area (Å²) in [6, 6.07) is 1.46. The first-order valence-corrected chi connectivity index (χ1v) is 9.20. The summed E-state index contributed by atoms with van der Waals surface area (Å²) in [7, 11) is -3.56. The lowest BCUT2D eigenvalue weighted by atomic mass is 9.88. The largest absolute Gasteiger partial charge is 0.369 e. The molecule has 0 aromatic carbocycles. The van der Waals surface area contributed by atoms with Crippen LogP contribution in [0.3, 0.4) is 0 Å². The molecule has 0 atom stereocenters. The molecular weight excluding hydrogens is 310 g/mol. The van der Waals surface area contributed by atoms with Crippen LogP contribution in [0.25, 0.3) is 0 Å². The number of hydrogen-bond acceptors (Lipinski definition) is 4. The van der Waals surface area contributed by atoms with E-state index >= 15 is 0 Å². The molecule has 1 aliphatic carbocycles. The van der Waals surface area contributed by atoms with Gasteiger partial charge >= 0.3 is 0 Å². The maximum absolute atomic E-state index is 12.4. The third-order valence-corrected chi connectivity index (χ3v) is 5.58. The lowest BCUT2D eigenvalue weighted by Gasteiger charge is -2.26. The summed E-state index contributed by atoms with van der Waals surface area (Å²) in [6.45, 7) is 4.81. The molecular formula is C14H22ClN3O2S. The van der Waals surface area contributed by atoms with Crippen LogP contribution < -0.4 is 10.0 Å². The van der Waals surface area contributed by atoms with Crippen molar-refractivity contribution in [1.29, 1.82) is 0 Å². The van der Waals surface area contributed by atoms with Crippen LogP contribution in [0.4, 0.5) is 5.82 Å². The molecule has 0 amide bonds. The molecule has 1 aliphatic rings. The van der Waals surface area contributed by atoms with Crippen molar-refractivity contribution in [3.63, 3.8) is 0 Å². The van der Waals surface area contributed by atoms with Crippen molar-refractivity contribution >= 4 is 27.4 Å². The summed E-state index contributed by atoms with van der Waals surface area (Å²) in [5.41, 5.74) is 0. The fourth-order valence-corrected chi connectivity index (χ4v) is 4.10. The van der Waals surface area contributed by atoms with E-state index in [0.29, 0.717) is 23.3 Å². The lowest BCUT2D eigenvalue weighted by Crippen LogP contribution is -2.37. The van der Waals surface area contributed by atoms with Gasteiger partial charge in [-0.1, -0.05) is 18.5 Å². The number of pyridine rings is 1. The molecule has 0 saturated heterocycles. The highest BCUT2D eigenvalue weighted by Crippen LogP contribution is 2.26. The third kappa shape index (κ3) is 4.31. The standard InChI is InChI=1S/C14H22ClN3O2S/c1-3-16-14-13(15)8-12(9-17-14)21(19,20)18-11-6-4-10(2)5-7-11/h8-11,18H,3-7H2,1-2H3,(H,16,17). The van der Waals surface area contributed by atoms with E-state index in [-0.39, 0.29) is 10.9 Å². The SMILES string of the molecule is CCNc1ncc(S(=O)(=O)NC2CCC(C)CC2)cc1Cl. The van der Waals surface area contributed by atoms with Crippen LogP contribution >= 0.6 is 11.6 Å². The first kappa shape index (κ1) is 16.5. The van der Waals surface area contributed by atoms with E-state index in [1.807, 2.05) is 6.92 Å². The van der Waals surface area contributed by atoms with E-state index in [4.69, 9.17) is 11.6 Å². The highest BCUT2D eigenvalue weighted by molar-refractivity contribution is 7.89. The first-order chi connectivity index (χ1) is 9.92. The van der Waals surface area contributed by atoms with Gasteiger partial charge in [-0.05, 0) is 44.6 Å². The molecule has 1 aromatic heterocycles. The van der Waals surface area contributed by atoms with Gasteiger partial charge in [0, 0.05) is 18.8 Å². The van der Waals surface area contributed by atoms with Crippen LogP contribution in [-0.4, -0.2) is 26.0 Å². The Morgan fingerprint density at radius 1 is 1.33 bits per heavy atom. The molecule has 1 saturated carbocycles. The Bertz CT molecular complexity index is 584. The van der Waals surface area contributed by atoms with E-state index < -0.39 is 10.0 Å². The fraction of sp³-hybridized carbons (Fsp3) is 0.643. The van der Waals surface area contributed by atoms with Gasteiger partial charge in [0.15, 0.2) is 0 Å². The molecule has 0 bridgehead atoms. The van der Waals surface area contributed by atoms with Crippen molar-refractivity contribution in [3.05, 3.63) is 17.3 Å². The first-order valence-electron chi connectivity index (χ1n) is 7.34. The molecule has 21 heavy (non-hydrogen) atoms. The quantitative estimate of drug-likeness (QED) is 0.870. The van der Waals surface area contributed by atoms with Crippen LogP contribution in [0.15, 0.2) is 17.2 Å². The molecule has 0 spiro atoms. The Kier molecular flexibility index (Phi) is 5.46. The zero-order valence-corrected chi connectivity index (χ0v) is 14.0. The summed E-state index contributed by atoms with van der Waals surface area (Å²) in [5, 5.41) is 3.30. The smallest absolute Gasteiger partial charge is 0.242 e. The number of sulfonamides is 1. The molecule has 0 aliphatic heterocycles. The maximum atomic E-state index is 12.4. The van der Waals surface area contributed by atoms with Crippen molar-refractivity contribution in [3.8, 4) is 0 Å². The normalized spacial score (nSPS) is 23.0. The average molecular weight is 332 g/mol. The van der Waals surface area contributed by atoms with Gasteiger partial charge in [-0.2, -0.15) is 0 Å². The number of nitrogens with one attached hydrogen (secondary N) is 2. The molecule has 1 heterocycles. The van der Waals surface area contributed by atoms with Crippen molar-refractivity contribution in [2.75, 3.05) is 11.9 Å². The lowest BCUT2D eigenvalue weighted by molar-refractivity contribution is 0.332. The second-order valence-corrected chi connectivity index (χ2v) is 7.73. The Morgan fingerprint density at radius 3 is 2.57 bits per heavy atom. The fourth-order valence-electron chi connectivity index (χ4n) is 2.53. The number of halogens is 1. The van der Waals surface area contributed by atoms with E-state index in [0.717, 1.165) is 25.7 Å². The van der Waals surface area contributed by atoms with Crippen LogP contribution in [0.2, 0.25) is 5.02 Å². The zero-order chi connectivity index (χ0) is 15.5. The second kappa shape index (κ2) is 6.94. The zero-order valence-electron chi connectivity index (χ0n) is 12.4. The minimum Gasteiger partial charge on any atom is -0.369 e. The third-order valence-electron chi connectivity index (χ3n) is 3.81. The van der Waals surface area contributed by atoms with Gasteiger partial charge in [-0.15, -0.1) is 0 Å². The summed E-state index contributed by atoms with van der Waals surface area (Å²) in [4.78, 5) is 4.20. The number of hydrogen-bond donors (Lipinski definition) is 2. The maximum Gasteiger partial charge on any atom is 0.242 e. The highest BCUT2D eigenvalue weighted by atomic mass is 35.5. The van der Waals surface area contributed by atoms with Gasteiger partial charge in [-0.3, -0.25) is 0 Å². The van der Waals surface area contributed by atoms with Gasteiger partial charge in [0.25, 0.3) is 0 Å². The van der Waals surface area contributed by atoms with Gasteiger partial charge in [0.1, 0.15) is 10.7 Å². The topological polar surface area (TPSA) is 71.1 Å². The molecule has 1 aromatic rings. The van der Waals surface area contributed by atoms with Gasteiger partial charge in [-0.25, -0.2) is 18.1 Å². The molecule has 5 nitrogen and oxygen atoms in total. The van der Waals surface area contributed by atoms with Gasteiger partial charge in [0.05, 0.1) is 5.02 Å². The van der Waals surface area contributed by atoms with E-state index in [1.54, 1.807) is 0 Å². The van der Waals surface area contributed by atoms with Crippen molar-refractivity contribution in [2.24, 2.45) is 5.92 Å². The Balaban J connectivity index is 2.10. The summed E-state index contributed by atoms with van der Waals surface area (Å²) >= 11 is 6.06. The summed E-state index contributed by atoms with van der Waals surface area (Å²) < 4.78 is 27.5. The Morgan fingerprint density at radius 2 is 2.00 bits per heavy atom. The molecule has 0 unspecified atom stereocenters. The van der Waals surface area contributed by atoms with E-state index in [9.17, 15) is 8.42 Å². The van der Waals surface area contributed by atoms with Crippen LogP contribution in [0, 0.1) is 5.92 Å². The Labute approximate surface area is 131 Å². The minimum absolute atomic E-state index is 0.0124. The van der Waals surface area contributed by atoms with Crippen molar-refractivity contribution in [1.82, 2.24) is 9.71 Å². The number of aromatic nitrogens is 1. The van der Waals surface area contributed by atoms with Crippen LogP contribution in [-0.2, 0) is 10.0 Å². The molecule has 0 radical (unpaired) electrons. The molecule has 118 valence electrons. The highest BCUT2D eigenvalue weighted by Gasteiger charge is 2.24. The van der Waals surface area contributed by atoms with Crippen molar-refractivity contribution < 1.29 is 8.42 Å². The molecule has 1 fully saturated rings. The second-order valence-electron chi connectivity index (χ2n) is 5.61. The minimum atomic E-state index is -3.56.